The molecule has 0 saturated heterocycles. The summed E-state index contributed by atoms with van der Waals surface area (Å²) in [6.07, 6.45) is 14.9. The largest absolute Gasteiger partial charge is 0.264 e. The van der Waals surface area contributed by atoms with Crippen molar-refractivity contribution in [3.63, 3.8) is 0 Å². The third-order valence-electron chi connectivity index (χ3n) is 3.37. The number of aliphatic imine (C=N–C) groups is 1. The lowest BCUT2D eigenvalue weighted by atomic mass is 10.2. The second-order valence-corrected chi connectivity index (χ2v) is 5.36. The minimum absolute atomic E-state index is 1.03. The molecule has 1 aromatic carbocycles. The van der Waals surface area contributed by atoms with Crippen molar-refractivity contribution >= 4 is 6.21 Å². The number of hydrogen-bond donors (Lipinski definition) is 0. The summed E-state index contributed by atoms with van der Waals surface area (Å²) < 4.78 is 0. The molecule has 1 aliphatic heterocycles. The van der Waals surface area contributed by atoms with E-state index in [1.807, 2.05) is 43.6 Å². The fraction of sp³-hybridized carbons (Fsp3) is 0.273. The molecular formula is C22H28N2. The normalized spacial score (nSPS) is 12.0. The van der Waals surface area contributed by atoms with Crippen LogP contribution >= 0.6 is 0 Å². The molecule has 1 aromatic heterocycles. The summed E-state index contributed by atoms with van der Waals surface area (Å²) in [6.45, 7) is 6.30. The van der Waals surface area contributed by atoms with Gasteiger partial charge in [-0.25, -0.2) is 0 Å². The van der Waals surface area contributed by atoms with Gasteiger partial charge in [-0.3, -0.25) is 9.98 Å². The molecule has 0 radical (unpaired) electrons. The number of hydrogen-bond acceptors (Lipinski definition) is 2. The van der Waals surface area contributed by atoms with Gasteiger partial charge in [0.15, 0.2) is 0 Å². The number of rotatable bonds is 2. The topological polar surface area (TPSA) is 25.2 Å². The minimum atomic E-state index is 1.03. The Balaban J connectivity index is 0.000000181. The van der Waals surface area contributed by atoms with E-state index in [-0.39, 0.29) is 0 Å². The van der Waals surface area contributed by atoms with Crippen LogP contribution in [0.1, 0.15) is 37.8 Å². The van der Waals surface area contributed by atoms with Crippen molar-refractivity contribution < 1.29 is 0 Å². The molecule has 1 aliphatic rings. The van der Waals surface area contributed by atoms with Crippen molar-refractivity contribution in [1.82, 2.24) is 4.98 Å². The molecule has 0 bridgehead atoms. The number of pyridine rings is 1. The van der Waals surface area contributed by atoms with E-state index in [2.05, 4.69) is 60.2 Å². The van der Waals surface area contributed by atoms with Gasteiger partial charge in [-0.2, -0.15) is 0 Å². The highest BCUT2D eigenvalue weighted by Gasteiger charge is 1.88. The number of aryl methyl sites for hydroxylation is 2. The molecule has 0 atom stereocenters. The smallest absolute Gasteiger partial charge is 0.0364 e. The molecule has 0 spiro atoms. The number of nitrogens with zero attached hydrogens (tertiary/aromatic N) is 2. The van der Waals surface area contributed by atoms with E-state index in [4.69, 9.17) is 0 Å². The Labute approximate surface area is 146 Å². The van der Waals surface area contributed by atoms with Gasteiger partial charge in [-0.05, 0) is 49.5 Å². The first-order valence-corrected chi connectivity index (χ1v) is 8.55. The number of allylic oxidation sites excluding steroid dienone is 4. The Bertz CT molecular complexity index is 626. The summed E-state index contributed by atoms with van der Waals surface area (Å²) >= 11 is 0. The van der Waals surface area contributed by atoms with E-state index in [1.165, 1.54) is 16.8 Å². The highest BCUT2D eigenvalue weighted by Crippen LogP contribution is 2.05. The molecule has 0 N–H and O–H groups in total. The van der Waals surface area contributed by atoms with Crippen LogP contribution in [0.3, 0.4) is 0 Å². The summed E-state index contributed by atoms with van der Waals surface area (Å²) in [4.78, 5) is 8.08. The predicted molar refractivity (Wildman–Crippen MR) is 105 cm³/mol. The summed E-state index contributed by atoms with van der Waals surface area (Å²) in [6, 6.07) is 14.4. The lowest BCUT2D eigenvalue weighted by Crippen LogP contribution is -1.73. The predicted octanol–water partition coefficient (Wildman–Crippen LogP) is 5.95. The van der Waals surface area contributed by atoms with Crippen LogP contribution in [0.25, 0.3) is 0 Å². The molecule has 2 heteroatoms. The Hall–Kier alpha value is -2.48. The Morgan fingerprint density at radius 3 is 2.25 bits per heavy atom. The van der Waals surface area contributed by atoms with Gasteiger partial charge in [0.25, 0.3) is 0 Å². The fourth-order valence-electron chi connectivity index (χ4n) is 1.93. The second kappa shape index (κ2) is 13.0. The van der Waals surface area contributed by atoms with Gasteiger partial charge in [-0.1, -0.05) is 62.4 Å². The summed E-state index contributed by atoms with van der Waals surface area (Å²) in [5.74, 6) is 0. The zero-order chi connectivity index (χ0) is 17.5. The molecule has 0 fully saturated rings. The first-order chi connectivity index (χ1) is 11.8. The maximum absolute atomic E-state index is 4.19. The third kappa shape index (κ3) is 9.52. The van der Waals surface area contributed by atoms with Crippen LogP contribution in [0.15, 0.2) is 83.8 Å². The zero-order valence-electron chi connectivity index (χ0n) is 15.0. The molecule has 126 valence electrons. The highest BCUT2D eigenvalue weighted by molar-refractivity contribution is 5.72. The van der Waals surface area contributed by atoms with E-state index < -0.39 is 0 Å². The second-order valence-electron chi connectivity index (χ2n) is 5.36. The van der Waals surface area contributed by atoms with Crippen molar-refractivity contribution in [3.05, 3.63) is 89.9 Å². The summed E-state index contributed by atoms with van der Waals surface area (Å²) in [7, 11) is 0. The quantitative estimate of drug-likeness (QED) is 0.671. The van der Waals surface area contributed by atoms with Gasteiger partial charge < -0.3 is 0 Å². The molecule has 24 heavy (non-hydrogen) atoms. The Morgan fingerprint density at radius 2 is 1.75 bits per heavy atom. The van der Waals surface area contributed by atoms with Crippen LogP contribution in [0.4, 0.5) is 0 Å². The van der Waals surface area contributed by atoms with E-state index in [9.17, 15) is 0 Å². The van der Waals surface area contributed by atoms with E-state index in [1.54, 1.807) is 6.20 Å². The van der Waals surface area contributed by atoms with Crippen LogP contribution in [0.2, 0.25) is 0 Å². The van der Waals surface area contributed by atoms with Crippen molar-refractivity contribution in [3.8, 4) is 0 Å². The standard InChI is InChI=1S/C8H11N.C8H10.C6H7N/c1-2-8-6-4-3-5-7-9-8;1-2-8-6-4-3-5-7-8;1-6-3-2-4-7-5-6/h3,5-7H,2,4H2,1H3;3-7H,2H2,1H3;2-5H,1H3. The minimum Gasteiger partial charge on any atom is -0.264 e. The van der Waals surface area contributed by atoms with Crippen LogP contribution in [-0.4, -0.2) is 11.2 Å². The average Bonchev–Trinajstić information content (AvgIpc) is 2.93. The molecule has 0 saturated carbocycles. The molecule has 2 aromatic rings. The monoisotopic (exact) mass is 320 g/mol. The molecular weight excluding hydrogens is 292 g/mol. The fourth-order valence-corrected chi connectivity index (χ4v) is 1.93. The maximum Gasteiger partial charge on any atom is 0.0364 e. The molecule has 2 heterocycles. The van der Waals surface area contributed by atoms with Crippen LogP contribution < -0.4 is 0 Å². The Morgan fingerprint density at radius 1 is 0.958 bits per heavy atom. The van der Waals surface area contributed by atoms with Gasteiger partial charge in [0.05, 0.1) is 0 Å². The van der Waals surface area contributed by atoms with Crippen LogP contribution in [0, 0.1) is 6.92 Å². The highest BCUT2D eigenvalue weighted by atomic mass is 14.7. The van der Waals surface area contributed by atoms with E-state index in [0.717, 1.165) is 19.3 Å². The van der Waals surface area contributed by atoms with Crippen molar-refractivity contribution in [2.75, 3.05) is 0 Å². The van der Waals surface area contributed by atoms with Gasteiger partial charge in [0, 0.05) is 24.3 Å². The molecule has 2 nitrogen and oxygen atoms in total. The van der Waals surface area contributed by atoms with Gasteiger partial charge in [0.2, 0.25) is 0 Å². The molecule has 0 unspecified atom stereocenters. The first-order valence-electron chi connectivity index (χ1n) is 8.55. The molecule has 3 rings (SSSR count). The number of aromatic nitrogens is 1. The molecule has 0 amide bonds. The third-order valence-corrected chi connectivity index (χ3v) is 3.37. The van der Waals surface area contributed by atoms with E-state index >= 15 is 0 Å². The van der Waals surface area contributed by atoms with Gasteiger partial charge in [-0.15, -0.1) is 0 Å². The number of benzene rings is 1. The SMILES string of the molecule is CCC1=CCC=CC=N1.CCc1ccccc1.Cc1cccnc1. The zero-order valence-corrected chi connectivity index (χ0v) is 15.0. The van der Waals surface area contributed by atoms with Gasteiger partial charge >= 0.3 is 0 Å². The van der Waals surface area contributed by atoms with Crippen molar-refractivity contribution in [2.24, 2.45) is 4.99 Å². The van der Waals surface area contributed by atoms with Crippen LogP contribution in [-0.2, 0) is 6.42 Å². The first kappa shape index (κ1) is 19.6. The maximum atomic E-state index is 4.19. The summed E-state index contributed by atoms with van der Waals surface area (Å²) in [5.41, 5.74) is 3.81. The van der Waals surface area contributed by atoms with E-state index in [0.29, 0.717) is 0 Å². The Kier molecular flexibility index (Phi) is 10.6. The summed E-state index contributed by atoms with van der Waals surface area (Å²) in [5, 5.41) is 0. The average molecular weight is 320 g/mol. The van der Waals surface area contributed by atoms with Gasteiger partial charge in [0.1, 0.15) is 0 Å². The van der Waals surface area contributed by atoms with Crippen LogP contribution in [0.5, 0.6) is 0 Å². The lowest BCUT2D eigenvalue weighted by Gasteiger charge is -1.90. The van der Waals surface area contributed by atoms with Crippen molar-refractivity contribution in [2.45, 2.75) is 40.0 Å². The lowest BCUT2D eigenvalue weighted by molar-refractivity contribution is 1.06. The van der Waals surface area contributed by atoms with Crippen molar-refractivity contribution in [1.29, 1.82) is 0 Å². The molecule has 0 aliphatic carbocycles.